The van der Waals surface area contributed by atoms with Gasteiger partial charge in [-0.15, -0.1) is 0 Å². The molecule has 8 heteroatoms. The highest BCUT2D eigenvalue weighted by atomic mass is 31.2. The van der Waals surface area contributed by atoms with Crippen LogP contribution in [0.5, 0.6) is 5.75 Å². The van der Waals surface area contributed by atoms with Gasteiger partial charge in [0.25, 0.3) is 0 Å². The molecule has 0 saturated heterocycles. The molecule has 0 spiro atoms. The molecule has 0 saturated carbocycles. The van der Waals surface area contributed by atoms with Crippen LogP contribution >= 0.6 is 8.60 Å². The fraction of sp³-hybridized carbons (Fsp3) is 0.759. The fourth-order valence-electron chi connectivity index (χ4n) is 4.13. The molecule has 1 rings (SSSR count). The Balaban J connectivity index is 2.27. The Hall–Kier alpha value is -1.24. The van der Waals surface area contributed by atoms with Gasteiger partial charge < -0.3 is 28.7 Å². The van der Waals surface area contributed by atoms with Crippen LogP contribution in [0.4, 0.5) is 0 Å². The summed E-state index contributed by atoms with van der Waals surface area (Å²) in [6.45, 7) is 5.91. The Morgan fingerprint density at radius 1 is 0.919 bits per heavy atom. The van der Waals surface area contributed by atoms with Crippen molar-refractivity contribution in [3.63, 3.8) is 0 Å². The van der Waals surface area contributed by atoms with E-state index in [0.29, 0.717) is 19.6 Å². The van der Waals surface area contributed by atoms with Crippen molar-refractivity contribution in [2.75, 3.05) is 33.4 Å². The van der Waals surface area contributed by atoms with Crippen LogP contribution in [0.15, 0.2) is 24.3 Å². The molecule has 0 aliphatic carbocycles. The molecule has 2 unspecified atom stereocenters. The second kappa shape index (κ2) is 23.8. The zero-order valence-corrected chi connectivity index (χ0v) is 24.5. The van der Waals surface area contributed by atoms with Gasteiger partial charge in [-0.2, -0.15) is 0 Å². The van der Waals surface area contributed by atoms with Crippen molar-refractivity contribution in [1.82, 2.24) is 0 Å². The SMILES string of the molecule is CCCCCCCCCCCCCOc1cccc(CC(COP(O)OCCCC[NH2+]C)OC(C)=O)c1. The fourth-order valence-corrected chi connectivity index (χ4v) is 4.78. The predicted octanol–water partition coefficient (Wildman–Crippen LogP) is 6.08. The standard InChI is InChI=1S/C29H52NO6P/c1-4-5-6-7-8-9-10-11-12-13-15-21-33-28-19-17-18-27(23-28)24-29(36-26(2)31)25-35-37(32)34-22-16-14-20-30-3/h17-19,23,29-30,32H,4-16,20-22,24-25H2,1-3H3/p+1. The van der Waals surface area contributed by atoms with Crippen LogP contribution in [0.25, 0.3) is 0 Å². The molecule has 7 nitrogen and oxygen atoms in total. The van der Waals surface area contributed by atoms with Crippen molar-refractivity contribution in [3.8, 4) is 5.75 Å². The molecule has 0 amide bonds. The average Bonchev–Trinajstić information content (AvgIpc) is 2.88. The zero-order valence-electron chi connectivity index (χ0n) is 23.6. The van der Waals surface area contributed by atoms with Gasteiger partial charge in [-0.25, -0.2) is 0 Å². The number of carbonyl (C=O) groups excluding carboxylic acids is 1. The Morgan fingerprint density at radius 2 is 1.57 bits per heavy atom. The molecule has 3 N–H and O–H groups in total. The van der Waals surface area contributed by atoms with E-state index in [2.05, 4.69) is 12.2 Å². The quantitative estimate of drug-likeness (QED) is 0.0885. The van der Waals surface area contributed by atoms with E-state index in [1.807, 2.05) is 31.3 Å². The van der Waals surface area contributed by atoms with Crippen LogP contribution in [0.3, 0.4) is 0 Å². The lowest BCUT2D eigenvalue weighted by molar-refractivity contribution is -0.627. The number of benzene rings is 1. The topological polar surface area (TPSA) is 90.8 Å². The van der Waals surface area contributed by atoms with Crippen molar-refractivity contribution in [2.24, 2.45) is 0 Å². The number of quaternary nitrogens is 1. The van der Waals surface area contributed by atoms with Gasteiger partial charge in [-0.3, -0.25) is 4.79 Å². The van der Waals surface area contributed by atoms with E-state index in [-0.39, 0.29) is 12.6 Å². The third-order valence-electron chi connectivity index (χ3n) is 6.17. The van der Waals surface area contributed by atoms with Gasteiger partial charge in [-0.05, 0) is 37.0 Å². The molecular formula is C29H53NO6P+. The molecule has 0 aliphatic rings. The van der Waals surface area contributed by atoms with E-state index >= 15 is 0 Å². The summed E-state index contributed by atoms with van der Waals surface area (Å²) in [6.07, 6.45) is 16.3. The van der Waals surface area contributed by atoms with E-state index in [0.717, 1.165) is 37.1 Å². The minimum Gasteiger partial charge on any atom is -0.494 e. The van der Waals surface area contributed by atoms with Crippen LogP contribution in [0.1, 0.15) is 103 Å². The lowest BCUT2D eigenvalue weighted by Gasteiger charge is -2.19. The highest BCUT2D eigenvalue weighted by molar-refractivity contribution is 7.40. The molecule has 1 aromatic carbocycles. The van der Waals surface area contributed by atoms with Crippen molar-refractivity contribution < 1.29 is 33.5 Å². The summed E-state index contributed by atoms with van der Waals surface area (Å²) in [7, 11) is 0.0403. The number of hydrogen-bond donors (Lipinski definition) is 2. The molecule has 0 aliphatic heterocycles. The maximum absolute atomic E-state index is 11.6. The number of unbranched alkanes of at least 4 members (excludes halogenated alkanes) is 11. The minimum absolute atomic E-state index is 0.0777. The van der Waals surface area contributed by atoms with E-state index in [1.54, 1.807) is 0 Å². The van der Waals surface area contributed by atoms with Gasteiger partial charge in [0, 0.05) is 13.3 Å². The van der Waals surface area contributed by atoms with E-state index in [4.69, 9.17) is 18.5 Å². The first kappa shape index (κ1) is 33.8. The molecule has 37 heavy (non-hydrogen) atoms. The molecule has 0 aromatic heterocycles. The number of hydrogen-bond acceptors (Lipinski definition) is 6. The largest absolute Gasteiger partial charge is 0.494 e. The molecule has 0 heterocycles. The first-order valence-corrected chi connectivity index (χ1v) is 15.6. The van der Waals surface area contributed by atoms with E-state index in [1.165, 1.54) is 71.1 Å². The van der Waals surface area contributed by atoms with Gasteiger partial charge >= 0.3 is 14.6 Å². The lowest BCUT2D eigenvalue weighted by Crippen LogP contribution is -2.79. The van der Waals surface area contributed by atoms with E-state index < -0.39 is 14.7 Å². The smallest absolute Gasteiger partial charge is 0.329 e. The van der Waals surface area contributed by atoms with Gasteiger partial charge in [0.2, 0.25) is 0 Å². The van der Waals surface area contributed by atoms with Crippen molar-refractivity contribution in [1.29, 1.82) is 0 Å². The number of nitrogens with two attached hydrogens (primary N) is 1. The second-order valence-electron chi connectivity index (χ2n) is 9.74. The van der Waals surface area contributed by atoms with Crippen LogP contribution in [-0.2, 0) is 25.0 Å². The zero-order chi connectivity index (χ0) is 27.0. The summed E-state index contributed by atoms with van der Waals surface area (Å²) >= 11 is 0. The summed E-state index contributed by atoms with van der Waals surface area (Å²) in [6, 6.07) is 7.87. The maximum atomic E-state index is 11.6. The normalized spacial score (nSPS) is 12.9. The van der Waals surface area contributed by atoms with Gasteiger partial charge in [-0.1, -0.05) is 83.3 Å². The maximum Gasteiger partial charge on any atom is 0.329 e. The first-order chi connectivity index (χ1) is 18.0. The summed E-state index contributed by atoms with van der Waals surface area (Å²) in [5.41, 5.74) is 0.991. The molecule has 0 radical (unpaired) electrons. The summed E-state index contributed by atoms with van der Waals surface area (Å²) in [5, 5.41) is 2.11. The first-order valence-electron chi connectivity index (χ1n) is 14.5. The molecule has 214 valence electrons. The molecule has 1 aromatic rings. The molecule has 0 bridgehead atoms. The number of ether oxygens (including phenoxy) is 2. The third kappa shape index (κ3) is 20.4. The Bertz CT molecular complexity index is 678. The Labute approximate surface area is 227 Å². The van der Waals surface area contributed by atoms with Crippen LogP contribution in [0, 0.1) is 0 Å². The molecule has 0 fully saturated rings. The highest BCUT2D eigenvalue weighted by Crippen LogP contribution is 2.33. The lowest BCUT2D eigenvalue weighted by atomic mass is 10.1. The number of rotatable bonds is 25. The Kier molecular flexibility index (Phi) is 21.8. The van der Waals surface area contributed by atoms with Crippen molar-refractivity contribution in [2.45, 2.75) is 110 Å². The monoisotopic (exact) mass is 542 g/mol. The van der Waals surface area contributed by atoms with E-state index in [9.17, 15) is 9.69 Å². The summed E-state index contributed by atoms with van der Waals surface area (Å²) in [5.74, 6) is 0.445. The van der Waals surface area contributed by atoms with Crippen molar-refractivity contribution >= 4 is 14.6 Å². The third-order valence-corrected chi connectivity index (χ3v) is 6.94. The van der Waals surface area contributed by atoms with Gasteiger partial charge in [0.1, 0.15) is 11.9 Å². The minimum atomic E-state index is -1.99. The van der Waals surface area contributed by atoms with Crippen LogP contribution < -0.4 is 10.1 Å². The van der Waals surface area contributed by atoms with Gasteiger partial charge in [0.05, 0.1) is 33.4 Å². The van der Waals surface area contributed by atoms with Crippen LogP contribution in [-0.4, -0.2) is 50.4 Å². The molecular weight excluding hydrogens is 489 g/mol. The van der Waals surface area contributed by atoms with Gasteiger partial charge in [0.15, 0.2) is 0 Å². The predicted molar refractivity (Wildman–Crippen MR) is 151 cm³/mol. The summed E-state index contributed by atoms with van der Waals surface area (Å²) in [4.78, 5) is 21.6. The highest BCUT2D eigenvalue weighted by Gasteiger charge is 2.17. The van der Waals surface area contributed by atoms with Crippen molar-refractivity contribution in [3.05, 3.63) is 29.8 Å². The number of carbonyl (C=O) groups is 1. The second-order valence-corrected chi connectivity index (χ2v) is 10.7. The molecule has 2 atom stereocenters. The Morgan fingerprint density at radius 3 is 2.22 bits per heavy atom. The number of esters is 1. The van der Waals surface area contributed by atoms with Crippen LogP contribution in [0.2, 0.25) is 0 Å². The summed E-state index contributed by atoms with van der Waals surface area (Å²) < 4.78 is 22.2. The average molecular weight is 543 g/mol.